The molecule has 1 aliphatic rings. The Kier molecular flexibility index (Phi) is 5.59. The highest BCUT2D eigenvalue weighted by Gasteiger charge is 2.39. The molecule has 0 radical (unpaired) electrons. The molecule has 1 fully saturated rings. The summed E-state index contributed by atoms with van der Waals surface area (Å²) in [5.41, 5.74) is 0. The maximum Gasteiger partial charge on any atom is 0.311 e. The summed E-state index contributed by atoms with van der Waals surface area (Å²) in [5, 5.41) is 9.11. The van der Waals surface area contributed by atoms with Gasteiger partial charge in [0.05, 0.1) is 19.3 Å². The van der Waals surface area contributed by atoms with Gasteiger partial charge in [0.2, 0.25) is 5.91 Å². The standard InChI is InChI=1S/C13H23NO4/c1-4-14(12(15)6-5-9(2)3)11-8-18-7-10(11)13(16)17/h9-11H,4-8H2,1-3H3,(H,16,17). The Hall–Kier alpha value is -1.10. The van der Waals surface area contributed by atoms with E-state index >= 15 is 0 Å². The van der Waals surface area contributed by atoms with Crippen LogP contribution in [0.3, 0.4) is 0 Å². The summed E-state index contributed by atoms with van der Waals surface area (Å²) in [4.78, 5) is 24.9. The van der Waals surface area contributed by atoms with E-state index in [2.05, 4.69) is 13.8 Å². The minimum absolute atomic E-state index is 0.0351. The van der Waals surface area contributed by atoms with Crippen LogP contribution in [0.4, 0.5) is 0 Å². The van der Waals surface area contributed by atoms with Crippen molar-refractivity contribution in [2.75, 3.05) is 19.8 Å². The number of ether oxygens (including phenoxy) is 1. The molecule has 2 atom stereocenters. The molecule has 1 amide bonds. The maximum atomic E-state index is 12.1. The van der Waals surface area contributed by atoms with Crippen LogP contribution in [0.1, 0.15) is 33.6 Å². The number of rotatable bonds is 6. The van der Waals surface area contributed by atoms with Crippen LogP contribution in [0.25, 0.3) is 0 Å². The lowest BCUT2D eigenvalue weighted by Gasteiger charge is -2.29. The predicted octanol–water partition coefficient (Wildman–Crippen LogP) is 1.37. The third-order valence-corrected chi connectivity index (χ3v) is 3.36. The average molecular weight is 257 g/mol. The van der Waals surface area contributed by atoms with Gasteiger partial charge >= 0.3 is 5.97 Å². The second-order valence-corrected chi connectivity index (χ2v) is 5.16. The molecule has 0 bridgehead atoms. The zero-order valence-corrected chi connectivity index (χ0v) is 11.4. The third-order valence-electron chi connectivity index (χ3n) is 3.36. The molecule has 104 valence electrons. The van der Waals surface area contributed by atoms with Crippen LogP contribution in [-0.4, -0.2) is 47.7 Å². The monoisotopic (exact) mass is 257 g/mol. The van der Waals surface area contributed by atoms with E-state index in [-0.39, 0.29) is 18.6 Å². The summed E-state index contributed by atoms with van der Waals surface area (Å²) in [6.07, 6.45) is 1.31. The van der Waals surface area contributed by atoms with Gasteiger partial charge in [-0.3, -0.25) is 9.59 Å². The number of carbonyl (C=O) groups excluding carboxylic acids is 1. The number of carboxylic acids is 1. The lowest BCUT2D eigenvalue weighted by atomic mass is 10.0. The highest BCUT2D eigenvalue weighted by Crippen LogP contribution is 2.21. The van der Waals surface area contributed by atoms with Crippen LogP contribution in [0.15, 0.2) is 0 Å². The Bertz CT molecular complexity index is 303. The van der Waals surface area contributed by atoms with E-state index < -0.39 is 11.9 Å². The summed E-state index contributed by atoms with van der Waals surface area (Å²) in [7, 11) is 0. The SMILES string of the molecule is CCN(C(=O)CCC(C)C)C1COCC1C(=O)O. The van der Waals surface area contributed by atoms with Gasteiger partial charge in [0, 0.05) is 13.0 Å². The van der Waals surface area contributed by atoms with Crippen LogP contribution >= 0.6 is 0 Å². The molecule has 0 aromatic heterocycles. The smallest absolute Gasteiger partial charge is 0.311 e. The van der Waals surface area contributed by atoms with Gasteiger partial charge < -0.3 is 14.7 Å². The number of hydrogen-bond donors (Lipinski definition) is 1. The molecule has 1 heterocycles. The van der Waals surface area contributed by atoms with E-state index in [1.807, 2.05) is 6.92 Å². The average Bonchev–Trinajstić information content (AvgIpc) is 2.76. The molecule has 1 N–H and O–H groups in total. The molecule has 0 spiro atoms. The van der Waals surface area contributed by atoms with Crippen molar-refractivity contribution in [2.24, 2.45) is 11.8 Å². The fourth-order valence-corrected chi connectivity index (χ4v) is 2.24. The fourth-order valence-electron chi connectivity index (χ4n) is 2.24. The second-order valence-electron chi connectivity index (χ2n) is 5.16. The zero-order valence-electron chi connectivity index (χ0n) is 11.4. The van der Waals surface area contributed by atoms with Crippen molar-refractivity contribution in [1.29, 1.82) is 0 Å². The molecule has 0 aromatic rings. The maximum absolute atomic E-state index is 12.1. The lowest BCUT2D eigenvalue weighted by Crippen LogP contribution is -2.46. The third kappa shape index (κ3) is 3.70. The quantitative estimate of drug-likeness (QED) is 0.780. The Morgan fingerprint density at radius 1 is 1.39 bits per heavy atom. The van der Waals surface area contributed by atoms with Gasteiger partial charge in [-0.2, -0.15) is 0 Å². The van der Waals surface area contributed by atoms with Crippen molar-refractivity contribution in [3.8, 4) is 0 Å². The number of aliphatic carboxylic acids is 1. The number of carboxylic acid groups (broad SMARTS) is 1. The molecular formula is C13H23NO4. The van der Waals surface area contributed by atoms with Crippen LogP contribution in [-0.2, 0) is 14.3 Å². The molecule has 18 heavy (non-hydrogen) atoms. The summed E-state index contributed by atoms with van der Waals surface area (Å²) in [6, 6.07) is -0.313. The summed E-state index contributed by atoms with van der Waals surface area (Å²) < 4.78 is 5.21. The van der Waals surface area contributed by atoms with Gasteiger partial charge in [0.25, 0.3) is 0 Å². The fraction of sp³-hybridized carbons (Fsp3) is 0.846. The number of carbonyl (C=O) groups is 2. The normalized spacial score (nSPS) is 23.3. The summed E-state index contributed by atoms with van der Waals surface area (Å²) >= 11 is 0. The van der Waals surface area contributed by atoms with Crippen LogP contribution in [0.2, 0.25) is 0 Å². The lowest BCUT2D eigenvalue weighted by molar-refractivity contribution is -0.145. The molecule has 1 rings (SSSR count). The Labute approximate surface area is 108 Å². The second kappa shape index (κ2) is 6.73. The Morgan fingerprint density at radius 2 is 2.06 bits per heavy atom. The number of hydrogen-bond acceptors (Lipinski definition) is 3. The van der Waals surface area contributed by atoms with E-state index in [0.717, 1.165) is 6.42 Å². The highest BCUT2D eigenvalue weighted by atomic mass is 16.5. The van der Waals surface area contributed by atoms with E-state index in [1.165, 1.54) is 0 Å². The summed E-state index contributed by atoms with van der Waals surface area (Å²) in [5.74, 6) is -0.962. The van der Waals surface area contributed by atoms with Crippen LogP contribution in [0.5, 0.6) is 0 Å². The first kappa shape index (κ1) is 15.0. The molecule has 5 nitrogen and oxygen atoms in total. The first-order valence-corrected chi connectivity index (χ1v) is 6.57. The van der Waals surface area contributed by atoms with E-state index in [1.54, 1.807) is 4.90 Å². The molecule has 5 heteroatoms. The van der Waals surface area contributed by atoms with E-state index in [4.69, 9.17) is 9.84 Å². The molecule has 1 saturated heterocycles. The number of amides is 1. The molecule has 0 aliphatic carbocycles. The molecule has 1 aliphatic heterocycles. The van der Waals surface area contributed by atoms with Crippen molar-refractivity contribution in [3.63, 3.8) is 0 Å². The van der Waals surface area contributed by atoms with Crippen molar-refractivity contribution >= 4 is 11.9 Å². The first-order valence-electron chi connectivity index (χ1n) is 6.57. The Morgan fingerprint density at radius 3 is 2.56 bits per heavy atom. The minimum Gasteiger partial charge on any atom is -0.481 e. The van der Waals surface area contributed by atoms with E-state index in [0.29, 0.717) is 25.5 Å². The van der Waals surface area contributed by atoms with Gasteiger partial charge in [-0.1, -0.05) is 13.8 Å². The van der Waals surface area contributed by atoms with Crippen LogP contribution < -0.4 is 0 Å². The van der Waals surface area contributed by atoms with Crippen molar-refractivity contribution in [2.45, 2.75) is 39.7 Å². The molecule has 0 saturated carbocycles. The van der Waals surface area contributed by atoms with E-state index in [9.17, 15) is 9.59 Å². The number of likely N-dealkylation sites (N-methyl/N-ethyl adjacent to an activating group) is 1. The molecule has 2 unspecified atom stereocenters. The van der Waals surface area contributed by atoms with Gasteiger partial charge in [-0.05, 0) is 19.3 Å². The van der Waals surface area contributed by atoms with Crippen LogP contribution in [0, 0.1) is 11.8 Å². The predicted molar refractivity (Wildman–Crippen MR) is 67.2 cm³/mol. The van der Waals surface area contributed by atoms with Gasteiger partial charge in [-0.25, -0.2) is 0 Å². The number of nitrogens with zero attached hydrogens (tertiary/aromatic N) is 1. The van der Waals surface area contributed by atoms with Gasteiger partial charge in [-0.15, -0.1) is 0 Å². The Balaban J connectivity index is 2.64. The van der Waals surface area contributed by atoms with Gasteiger partial charge in [0.1, 0.15) is 5.92 Å². The largest absolute Gasteiger partial charge is 0.481 e. The zero-order chi connectivity index (χ0) is 13.7. The van der Waals surface area contributed by atoms with Gasteiger partial charge in [0.15, 0.2) is 0 Å². The van der Waals surface area contributed by atoms with Crippen molar-refractivity contribution in [1.82, 2.24) is 4.90 Å². The highest BCUT2D eigenvalue weighted by molar-refractivity contribution is 5.78. The van der Waals surface area contributed by atoms with Crippen molar-refractivity contribution in [3.05, 3.63) is 0 Å². The topological polar surface area (TPSA) is 66.8 Å². The first-order chi connectivity index (χ1) is 8.47. The molecule has 0 aromatic carbocycles. The molecular weight excluding hydrogens is 234 g/mol. The summed E-state index contributed by atoms with van der Waals surface area (Å²) in [6.45, 7) is 7.09. The van der Waals surface area contributed by atoms with Crippen molar-refractivity contribution < 1.29 is 19.4 Å². The minimum atomic E-state index is -0.882.